The second-order valence-corrected chi connectivity index (χ2v) is 4.91. The van der Waals surface area contributed by atoms with Crippen LogP contribution < -0.4 is 5.43 Å². The van der Waals surface area contributed by atoms with E-state index >= 15 is 0 Å². The third kappa shape index (κ3) is 3.35. The Hall–Kier alpha value is -2.36. The van der Waals surface area contributed by atoms with Crippen LogP contribution in [0.3, 0.4) is 0 Å². The highest BCUT2D eigenvalue weighted by atomic mass is 16.3. The summed E-state index contributed by atoms with van der Waals surface area (Å²) in [6.07, 6.45) is 3.11. The van der Waals surface area contributed by atoms with Gasteiger partial charge >= 0.3 is 0 Å². The average Bonchev–Trinajstić information content (AvgIpc) is 2.85. The summed E-state index contributed by atoms with van der Waals surface area (Å²) < 4.78 is 5.07. The average molecular weight is 270 g/mol. The largest absolute Gasteiger partial charge is 0.469 e. The molecule has 0 spiro atoms. The third-order valence-corrected chi connectivity index (χ3v) is 3.09. The van der Waals surface area contributed by atoms with Crippen LogP contribution >= 0.6 is 0 Å². The fourth-order valence-corrected chi connectivity index (χ4v) is 1.81. The summed E-state index contributed by atoms with van der Waals surface area (Å²) in [7, 11) is 0. The Morgan fingerprint density at radius 3 is 2.50 bits per heavy atom. The van der Waals surface area contributed by atoms with Gasteiger partial charge in [-0.2, -0.15) is 5.10 Å². The molecule has 0 bridgehead atoms. The van der Waals surface area contributed by atoms with Gasteiger partial charge in [0.15, 0.2) is 0 Å². The maximum absolute atomic E-state index is 11.8. The van der Waals surface area contributed by atoms with E-state index in [1.54, 1.807) is 19.2 Å². The molecule has 0 aliphatic carbocycles. The summed E-state index contributed by atoms with van der Waals surface area (Å²) >= 11 is 0. The smallest absolute Gasteiger partial charge is 0.274 e. The van der Waals surface area contributed by atoms with E-state index in [2.05, 4.69) is 36.5 Å². The van der Waals surface area contributed by atoms with E-state index < -0.39 is 0 Å². The molecular formula is C16H18N2O2. The maximum Gasteiger partial charge on any atom is 0.274 e. The zero-order valence-electron chi connectivity index (χ0n) is 11.9. The molecule has 0 unspecified atom stereocenters. The number of hydrogen-bond donors (Lipinski definition) is 1. The lowest BCUT2D eigenvalue weighted by Gasteiger charge is -2.04. The molecule has 4 heteroatoms. The molecule has 4 nitrogen and oxygen atoms in total. The number of aryl methyl sites for hydroxylation is 1. The van der Waals surface area contributed by atoms with Crippen LogP contribution in [-0.4, -0.2) is 12.1 Å². The summed E-state index contributed by atoms with van der Waals surface area (Å²) in [4.78, 5) is 11.8. The predicted octanol–water partition coefficient (Wildman–Crippen LogP) is 3.48. The van der Waals surface area contributed by atoms with Crippen LogP contribution in [0.2, 0.25) is 0 Å². The molecular weight excluding hydrogens is 252 g/mol. The van der Waals surface area contributed by atoms with Crippen molar-refractivity contribution in [3.63, 3.8) is 0 Å². The van der Waals surface area contributed by atoms with Gasteiger partial charge in [-0.15, -0.1) is 0 Å². The first-order chi connectivity index (χ1) is 9.58. The Labute approximate surface area is 118 Å². The molecule has 0 aliphatic heterocycles. The summed E-state index contributed by atoms with van der Waals surface area (Å²) in [5, 5.41) is 3.95. The van der Waals surface area contributed by atoms with Gasteiger partial charge in [0, 0.05) is 0 Å². The van der Waals surface area contributed by atoms with Crippen molar-refractivity contribution in [3.8, 4) is 0 Å². The number of nitrogens with zero attached hydrogens (tertiary/aromatic N) is 1. The quantitative estimate of drug-likeness (QED) is 0.683. The molecule has 1 amide bonds. The second-order valence-electron chi connectivity index (χ2n) is 4.91. The summed E-state index contributed by atoms with van der Waals surface area (Å²) in [5.41, 5.74) is 5.20. The van der Waals surface area contributed by atoms with Gasteiger partial charge in [0.2, 0.25) is 0 Å². The minimum Gasteiger partial charge on any atom is -0.469 e. The molecule has 0 aliphatic rings. The van der Waals surface area contributed by atoms with Crippen LogP contribution in [0.25, 0.3) is 0 Å². The monoisotopic (exact) mass is 270 g/mol. The van der Waals surface area contributed by atoms with Gasteiger partial charge in [0.05, 0.1) is 18.0 Å². The van der Waals surface area contributed by atoms with Gasteiger partial charge in [-0.05, 0) is 30.0 Å². The normalized spacial score (nSPS) is 11.2. The Morgan fingerprint density at radius 1 is 1.25 bits per heavy atom. The van der Waals surface area contributed by atoms with E-state index in [4.69, 9.17) is 4.42 Å². The Morgan fingerprint density at radius 2 is 1.95 bits per heavy atom. The van der Waals surface area contributed by atoms with E-state index in [-0.39, 0.29) is 5.91 Å². The van der Waals surface area contributed by atoms with Gasteiger partial charge in [-0.1, -0.05) is 38.1 Å². The lowest BCUT2D eigenvalue weighted by atomic mass is 10.0. The molecule has 1 aromatic heterocycles. The minimum atomic E-state index is -0.272. The molecule has 1 aromatic carbocycles. The first-order valence-electron chi connectivity index (χ1n) is 6.55. The van der Waals surface area contributed by atoms with Gasteiger partial charge < -0.3 is 4.42 Å². The fraction of sp³-hybridized carbons (Fsp3) is 0.250. The highest BCUT2D eigenvalue weighted by Gasteiger charge is 2.09. The molecule has 0 radical (unpaired) electrons. The Balaban J connectivity index is 1.96. The summed E-state index contributed by atoms with van der Waals surface area (Å²) in [6.45, 7) is 6.04. The van der Waals surface area contributed by atoms with Gasteiger partial charge in [-0.25, -0.2) is 5.43 Å². The van der Waals surface area contributed by atoms with E-state index in [0.717, 1.165) is 5.56 Å². The molecule has 2 rings (SSSR count). The van der Waals surface area contributed by atoms with Crippen molar-refractivity contribution in [2.75, 3.05) is 0 Å². The lowest BCUT2D eigenvalue weighted by molar-refractivity contribution is 0.0953. The predicted molar refractivity (Wildman–Crippen MR) is 79.0 cm³/mol. The number of benzene rings is 1. The van der Waals surface area contributed by atoms with Crippen LogP contribution in [-0.2, 0) is 0 Å². The van der Waals surface area contributed by atoms with E-state index in [0.29, 0.717) is 17.2 Å². The summed E-state index contributed by atoms with van der Waals surface area (Å²) in [6, 6.07) is 9.71. The van der Waals surface area contributed by atoms with Crippen LogP contribution in [0.15, 0.2) is 46.1 Å². The number of carbonyl (C=O) groups excluding carboxylic acids is 1. The minimum absolute atomic E-state index is 0.272. The summed E-state index contributed by atoms with van der Waals surface area (Å²) in [5.74, 6) is 0.815. The molecule has 1 heterocycles. The molecule has 0 saturated heterocycles. The number of hydrogen-bond acceptors (Lipinski definition) is 3. The fourth-order valence-electron chi connectivity index (χ4n) is 1.81. The Kier molecular flexibility index (Phi) is 4.35. The second kappa shape index (κ2) is 6.19. The van der Waals surface area contributed by atoms with E-state index in [9.17, 15) is 4.79 Å². The van der Waals surface area contributed by atoms with Crippen LogP contribution in [0.1, 0.15) is 47.0 Å². The van der Waals surface area contributed by atoms with E-state index in [1.165, 1.54) is 11.8 Å². The topological polar surface area (TPSA) is 54.6 Å². The first-order valence-corrected chi connectivity index (χ1v) is 6.55. The number of carbonyl (C=O) groups is 1. The number of nitrogens with one attached hydrogen (secondary N) is 1. The highest BCUT2D eigenvalue weighted by molar-refractivity contribution is 5.95. The third-order valence-electron chi connectivity index (χ3n) is 3.09. The lowest BCUT2D eigenvalue weighted by Crippen LogP contribution is -2.17. The molecule has 20 heavy (non-hydrogen) atoms. The standard InChI is InChI=1S/C16H18N2O2/c1-11(2)14-6-4-13(5-7-14)10-17-18-16(19)15-8-9-20-12(15)3/h4-11H,1-3H3,(H,18,19)/b17-10+. The van der Waals surface area contributed by atoms with Crippen LogP contribution in [0.4, 0.5) is 0 Å². The number of amides is 1. The Bertz CT molecular complexity index is 610. The zero-order chi connectivity index (χ0) is 14.5. The number of furan rings is 1. The highest BCUT2D eigenvalue weighted by Crippen LogP contribution is 2.13. The van der Waals surface area contributed by atoms with Crippen molar-refractivity contribution in [1.82, 2.24) is 5.43 Å². The molecule has 0 fully saturated rings. The van der Waals surface area contributed by atoms with Crippen molar-refractivity contribution in [2.45, 2.75) is 26.7 Å². The SMILES string of the molecule is Cc1occc1C(=O)N/N=C/c1ccc(C(C)C)cc1. The first kappa shape index (κ1) is 14.1. The molecule has 104 valence electrons. The van der Waals surface area contributed by atoms with Crippen molar-refractivity contribution < 1.29 is 9.21 Å². The number of hydrazone groups is 1. The van der Waals surface area contributed by atoms with Crippen LogP contribution in [0, 0.1) is 6.92 Å². The molecule has 1 N–H and O–H groups in total. The van der Waals surface area contributed by atoms with Gasteiger partial charge in [0.25, 0.3) is 5.91 Å². The van der Waals surface area contributed by atoms with Crippen molar-refractivity contribution in [1.29, 1.82) is 0 Å². The van der Waals surface area contributed by atoms with Gasteiger partial charge in [0.1, 0.15) is 5.76 Å². The van der Waals surface area contributed by atoms with Crippen molar-refractivity contribution >= 4 is 12.1 Å². The zero-order valence-corrected chi connectivity index (χ0v) is 11.9. The van der Waals surface area contributed by atoms with Crippen molar-refractivity contribution in [2.24, 2.45) is 5.10 Å². The molecule has 2 aromatic rings. The molecule has 0 atom stereocenters. The van der Waals surface area contributed by atoms with Crippen LogP contribution in [0.5, 0.6) is 0 Å². The molecule has 0 saturated carbocycles. The maximum atomic E-state index is 11.8. The van der Waals surface area contributed by atoms with E-state index in [1.807, 2.05) is 12.1 Å². The number of rotatable bonds is 4. The van der Waals surface area contributed by atoms with Gasteiger partial charge in [-0.3, -0.25) is 4.79 Å². The van der Waals surface area contributed by atoms with Crippen molar-refractivity contribution in [3.05, 3.63) is 59.0 Å².